The van der Waals surface area contributed by atoms with Crippen molar-refractivity contribution in [1.29, 1.82) is 0 Å². The molecule has 0 radical (unpaired) electrons. The number of benzene rings is 1. The highest BCUT2D eigenvalue weighted by molar-refractivity contribution is 5.88. The SMILES string of the molecule is CC(=O)[C@H]1CC[C@H]2[C@@H]3CC[C@H]4C[C@H](OC(=O)[C@@H](CC(=O)[C@@H](N)CC(C)C)Cc5ccccc5)CC[C@]4(C)[C@H]3CC[C@]12C. The molecule has 0 amide bonds. The minimum absolute atomic E-state index is 0.0423. The summed E-state index contributed by atoms with van der Waals surface area (Å²) in [6, 6.07) is 9.41. The van der Waals surface area contributed by atoms with Gasteiger partial charge in [-0.1, -0.05) is 58.0 Å². The molecule has 42 heavy (non-hydrogen) atoms. The van der Waals surface area contributed by atoms with Crippen molar-refractivity contribution in [3.05, 3.63) is 35.9 Å². The molecule has 4 fully saturated rings. The Hall–Kier alpha value is -2.01. The van der Waals surface area contributed by atoms with Crippen LogP contribution in [0.5, 0.6) is 0 Å². The van der Waals surface area contributed by atoms with E-state index in [9.17, 15) is 14.4 Å². The lowest BCUT2D eigenvalue weighted by molar-refractivity contribution is -0.167. The summed E-state index contributed by atoms with van der Waals surface area (Å²) in [6.07, 6.45) is 11.3. The molecule has 4 aliphatic rings. The highest BCUT2D eigenvalue weighted by Gasteiger charge is 2.61. The van der Waals surface area contributed by atoms with Crippen molar-refractivity contribution in [3.8, 4) is 0 Å². The zero-order valence-electron chi connectivity index (χ0n) is 26.8. The van der Waals surface area contributed by atoms with E-state index >= 15 is 0 Å². The van der Waals surface area contributed by atoms with Gasteiger partial charge in [0.1, 0.15) is 17.7 Å². The van der Waals surface area contributed by atoms with Gasteiger partial charge >= 0.3 is 5.97 Å². The fraction of sp³-hybridized carbons (Fsp3) is 0.757. The summed E-state index contributed by atoms with van der Waals surface area (Å²) in [5.41, 5.74) is 7.74. The molecule has 5 rings (SSSR count). The maximum Gasteiger partial charge on any atom is 0.309 e. The summed E-state index contributed by atoms with van der Waals surface area (Å²) >= 11 is 0. The molecule has 0 spiro atoms. The molecule has 1 aromatic rings. The Morgan fingerprint density at radius 3 is 2.31 bits per heavy atom. The summed E-state index contributed by atoms with van der Waals surface area (Å²) < 4.78 is 6.27. The maximum atomic E-state index is 13.7. The molecule has 0 bridgehead atoms. The van der Waals surface area contributed by atoms with Gasteiger partial charge in [-0.3, -0.25) is 14.4 Å². The molecular weight excluding hydrogens is 522 g/mol. The van der Waals surface area contributed by atoms with E-state index in [2.05, 4.69) is 27.7 Å². The lowest BCUT2D eigenvalue weighted by Crippen LogP contribution is -2.54. The first kappa shape index (κ1) is 31.4. The van der Waals surface area contributed by atoms with Crippen molar-refractivity contribution in [3.63, 3.8) is 0 Å². The largest absolute Gasteiger partial charge is 0.462 e. The number of carbonyl (C=O) groups is 3. The third-order valence-electron chi connectivity index (χ3n) is 12.6. The van der Waals surface area contributed by atoms with Crippen LogP contribution in [-0.4, -0.2) is 29.7 Å². The third-order valence-corrected chi connectivity index (χ3v) is 12.6. The van der Waals surface area contributed by atoms with E-state index < -0.39 is 12.0 Å². The molecule has 1 aromatic carbocycles. The fourth-order valence-electron chi connectivity index (χ4n) is 10.4. The lowest BCUT2D eigenvalue weighted by Gasteiger charge is -2.61. The molecule has 4 aliphatic carbocycles. The van der Waals surface area contributed by atoms with E-state index in [-0.39, 0.29) is 41.0 Å². The van der Waals surface area contributed by atoms with Crippen LogP contribution in [0.3, 0.4) is 0 Å². The number of fused-ring (bicyclic) bond motifs is 5. The van der Waals surface area contributed by atoms with Crippen LogP contribution in [0.2, 0.25) is 0 Å². The fourth-order valence-corrected chi connectivity index (χ4v) is 10.4. The summed E-state index contributed by atoms with van der Waals surface area (Å²) in [5.74, 6) is 2.87. The van der Waals surface area contributed by atoms with Crippen LogP contribution in [0, 0.1) is 52.3 Å². The first-order valence-electron chi connectivity index (χ1n) is 17.0. The van der Waals surface area contributed by atoms with Crippen LogP contribution in [0.1, 0.15) is 111 Å². The van der Waals surface area contributed by atoms with Crippen LogP contribution < -0.4 is 5.73 Å². The smallest absolute Gasteiger partial charge is 0.309 e. The quantitative estimate of drug-likeness (QED) is 0.294. The molecular formula is C37H55NO4. The van der Waals surface area contributed by atoms with Crippen LogP contribution >= 0.6 is 0 Å². The van der Waals surface area contributed by atoms with E-state index in [0.717, 1.165) is 37.2 Å². The number of ketones is 2. The highest BCUT2D eigenvalue weighted by Crippen LogP contribution is 2.67. The van der Waals surface area contributed by atoms with Gasteiger partial charge in [-0.2, -0.15) is 0 Å². The Morgan fingerprint density at radius 2 is 1.62 bits per heavy atom. The monoisotopic (exact) mass is 577 g/mol. The molecule has 0 heterocycles. The van der Waals surface area contributed by atoms with E-state index in [1.54, 1.807) is 0 Å². The molecule has 0 unspecified atom stereocenters. The minimum Gasteiger partial charge on any atom is -0.462 e. The van der Waals surface area contributed by atoms with Crippen molar-refractivity contribution >= 4 is 17.5 Å². The van der Waals surface area contributed by atoms with Crippen molar-refractivity contribution in [2.45, 2.75) is 124 Å². The van der Waals surface area contributed by atoms with Crippen molar-refractivity contribution in [2.24, 2.45) is 58.0 Å². The van der Waals surface area contributed by atoms with Gasteiger partial charge in [-0.05, 0) is 124 Å². The molecule has 5 heteroatoms. The molecule has 232 valence electrons. The highest BCUT2D eigenvalue weighted by atomic mass is 16.5. The number of hydrogen-bond acceptors (Lipinski definition) is 5. The first-order chi connectivity index (χ1) is 19.9. The standard InChI is InChI=1S/C37H55NO4/c1-23(2)19-33(38)34(40)21-26(20-25-9-7-6-8-10-25)35(41)42-28-15-17-36(4)27(22-28)11-12-29-31-14-13-30(24(3)39)37(31,5)18-16-32(29)36/h6-10,23,26-33H,11-22,38H2,1-5H3/t26-,27+,28-,29+,30-,31+,32+,33+,36+,37-/m1/s1. The average molecular weight is 578 g/mol. The number of rotatable bonds is 10. The summed E-state index contributed by atoms with van der Waals surface area (Å²) in [5, 5.41) is 0. The van der Waals surface area contributed by atoms with Crippen LogP contribution in [0.4, 0.5) is 0 Å². The number of ether oxygens (including phenoxy) is 1. The molecule has 5 nitrogen and oxygen atoms in total. The second-order valence-corrected chi connectivity index (χ2v) is 15.6. The number of carbonyl (C=O) groups excluding carboxylic acids is 3. The minimum atomic E-state index is -0.537. The van der Waals surface area contributed by atoms with Gasteiger partial charge in [0.25, 0.3) is 0 Å². The van der Waals surface area contributed by atoms with Crippen LogP contribution in [0.15, 0.2) is 30.3 Å². The first-order valence-corrected chi connectivity index (χ1v) is 17.0. The molecule has 2 N–H and O–H groups in total. The summed E-state index contributed by atoms with van der Waals surface area (Å²) in [4.78, 5) is 39.2. The number of esters is 1. The zero-order valence-corrected chi connectivity index (χ0v) is 26.8. The number of nitrogens with two attached hydrogens (primary N) is 1. The number of Topliss-reactive ketones (excluding diaryl/α,β-unsaturated/α-hetero) is 2. The summed E-state index contributed by atoms with van der Waals surface area (Å²) in [6.45, 7) is 10.9. The van der Waals surface area contributed by atoms with E-state index in [0.29, 0.717) is 42.3 Å². The Balaban J connectivity index is 1.24. The predicted molar refractivity (Wildman–Crippen MR) is 166 cm³/mol. The van der Waals surface area contributed by atoms with Crippen LogP contribution in [0.25, 0.3) is 0 Å². The maximum absolute atomic E-state index is 13.7. The molecule has 0 saturated heterocycles. The van der Waals surface area contributed by atoms with E-state index in [4.69, 9.17) is 10.5 Å². The average Bonchev–Trinajstić information content (AvgIpc) is 3.30. The van der Waals surface area contributed by atoms with Gasteiger partial charge in [0, 0.05) is 12.3 Å². The predicted octanol–water partition coefficient (Wildman–Crippen LogP) is 7.34. The topological polar surface area (TPSA) is 86.5 Å². The Kier molecular flexibility index (Phi) is 9.38. The molecule has 0 aliphatic heterocycles. The van der Waals surface area contributed by atoms with Gasteiger partial charge in [-0.25, -0.2) is 0 Å². The van der Waals surface area contributed by atoms with Crippen molar-refractivity contribution in [2.75, 3.05) is 0 Å². The molecule has 10 atom stereocenters. The molecule has 4 saturated carbocycles. The van der Waals surface area contributed by atoms with Gasteiger partial charge in [0.15, 0.2) is 0 Å². The Morgan fingerprint density at radius 1 is 0.929 bits per heavy atom. The molecule has 0 aromatic heterocycles. The van der Waals surface area contributed by atoms with Gasteiger partial charge in [0.05, 0.1) is 12.0 Å². The van der Waals surface area contributed by atoms with Crippen LogP contribution in [-0.2, 0) is 25.5 Å². The summed E-state index contributed by atoms with van der Waals surface area (Å²) in [7, 11) is 0. The van der Waals surface area contributed by atoms with Crippen molar-refractivity contribution < 1.29 is 19.1 Å². The third kappa shape index (κ3) is 6.14. The zero-order chi connectivity index (χ0) is 30.2. The van der Waals surface area contributed by atoms with E-state index in [1.165, 1.54) is 32.1 Å². The second-order valence-electron chi connectivity index (χ2n) is 15.6. The second kappa shape index (κ2) is 12.5. The van der Waals surface area contributed by atoms with E-state index in [1.807, 2.05) is 37.3 Å². The normalized spacial score (nSPS) is 37.2. The van der Waals surface area contributed by atoms with Crippen molar-refractivity contribution in [1.82, 2.24) is 0 Å². The lowest BCUT2D eigenvalue weighted by atomic mass is 9.44. The van der Waals surface area contributed by atoms with Gasteiger partial charge in [-0.15, -0.1) is 0 Å². The van der Waals surface area contributed by atoms with Gasteiger partial charge < -0.3 is 10.5 Å². The Bertz CT molecular complexity index is 1130. The van der Waals surface area contributed by atoms with Gasteiger partial charge in [0.2, 0.25) is 0 Å². The number of hydrogen-bond donors (Lipinski definition) is 1. The Labute approximate surface area is 254 Å².